The monoisotopic (exact) mass is 383 g/mol. The van der Waals surface area contributed by atoms with Gasteiger partial charge in [-0.25, -0.2) is 0 Å². The van der Waals surface area contributed by atoms with Crippen molar-refractivity contribution in [1.29, 1.82) is 5.41 Å². The van der Waals surface area contributed by atoms with E-state index < -0.39 is 56.7 Å². The summed E-state index contributed by atoms with van der Waals surface area (Å²) < 4.78 is 96.8. The minimum atomic E-state index is -5.51. The molecule has 0 saturated carbocycles. The van der Waals surface area contributed by atoms with Crippen LogP contribution in [0.5, 0.6) is 0 Å². The SMILES string of the molecule is N=C1c2ccccc2C(S(=O)(=O)O)=C(S(=O)(=O)O)C1S(=O)(=O)O. The van der Waals surface area contributed by atoms with Crippen molar-refractivity contribution < 1.29 is 38.9 Å². The van der Waals surface area contributed by atoms with E-state index in [9.17, 15) is 38.9 Å². The molecule has 0 fully saturated rings. The molecule has 1 aliphatic carbocycles. The van der Waals surface area contributed by atoms with E-state index in [-0.39, 0.29) is 5.56 Å². The zero-order valence-electron chi connectivity index (χ0n) is 10.9. The fourth-order valence-electron chi connectivity index (χ4n) is 2.24. The first kappa shape index (κ1) is 17.7. The topological polar surface area (TPSA) is 187 Å². The molecule has 2 rings (SSSR count). The molecule has 1 atom stereocenters. The van der Waals surface area contributed by atoms with Crippen molar-refractivity contribution in [2.24, 2.45) is 0 Å². The van der Waals surface area contributed by atoms with E-state index in [1.807, 2.05) is 0 Å². The minimum absolute atomic E-state index is 0.338. The zero-order valence-corrected chi connectivity index (χ0v) is 13.4. The molecule has 0 saturated heterocycles. The highest BCUT2D eigenvalue weighted by molar-refractivity contribution is 7.99. The van der Waals surface area contributed by atoms with Crippen LogP contribution >= 0.6 is 0 Å². The summed E-state index contributed by atoms with van der Waals surface area (Å²) in [5, 5.41) is 5.07. The largest absolute Gasteiger partial charge is 0.303 e. The summed E-state index contributed by atoms with van der Waals surface area (Å²) in [4.78, 5) is -3.11. The highest BCUT2D eigenvalue weighted by atomic mass is 32.2. The first-order valence-corrected chi connectivity index (χ1v) is 9.98. The molecule has 4 N–H and O–H groups in total. The van der Waals surface area contributed by atoms with Gasteiger partial charge in [-0.3, -0.25) is 13.7 Å². The molecule has 1 aliphatic rings. The Morgan fingerprint density at radius 2 is 1.30 bits per heavy atom. The van der Waals surface area contributed by atoms with Crippen molar-refractivity contribution in [3.8, 4) is 0 Å². The van der Waals surface area contributed by atoms with Gasteiger partial charge in [-0.1, -0.05) is 24.3 Å². The smallest absolute Gasteiger partial charge is 0.296 e. The van der Waals surface area contributed by atoms with Gasteiger partial charge in [-0.15, -0.1) is 0 Å². The van der Waals surface area contributed by atoms with Crippen molar-refractivity contribution in [1.82, 2.24) is 0 Å². The van der Waals surface area contributed by atoms with Crippen LogP contribution in [0.2, 0.25) is 0 Å². The highest BCUT2D eigenvalue weighted by Crippen LogP contribution is 2.39. The maximum atomic E-state index is 11.6. The van der Waals surface area contributed by atoms with Gasteiger partial charge >= 0.3 is 0 Å². The van der Waals surface area contributed by atoms with Gasteiger partial charge in [-0.2, -0.15) is 25.3 Å². The highest BCUT2D eigenvalue weighted by Gasteiger charge is 2.48. The number of hydrogen-bond donors (Lipinski definition) is 4. The molecule has 0 amide bonds. The predicted molar refractivity (Wildman–Crippen MR) is 78.6 cm³/mol. The molecule has 1 aromatic rings. The van der Waals surface area contributed by atoms with Crippen LogP contribution in [0.15, 0.2) is 29.2 Å². The van der Waals surface area contributed by atoms with Gasteiger partial charge in [-0.05, 0) is 0 Å². The van der Waals surface area contributed by atoms with Crippen LogP contribution in [0.3, 0.4) is 0 Å². The van der Waals surface area contributed by atoms with E-state index in [2.05, 4.69) is 0 Å². The maximum Gasteiger partial charge on any atom is 0.296 e. The predicted octanol–water partition coefficient (Wildman–Crippen LogP) is -0.231. The summed E-state index contributed by atoms with van der Waals surface area (Å²) in [5.41, 5.74) is -1.80. The van der Waals surface area contributed by atoms with Crippen LogP contribution in [-0.2, 0) is 30.4 Å². The second-order valence-electron chi connectivity index (χ2n) is 4.50. The lowest BCUT2D eigenvalue weighted by Crippen LogP contribution is -2.39. The summed E-state index contributed by atoms with van der Waals surface area (Å²) in [6, 6.07) is 4.65. The van der Waals surface area contributed by atoms with Gasteiger partial charge in [0.25, 0.3) is 30.4 Å². The molecule has 1 unspecified atom stereocenters. The fourth-order valence-corrected chi connectivity index (χ4v) is 6.05. The Hall–Kier alpha value is -1.64. The third kappa shape index (κ3) is 3.06. The second kappa shape index (κ2) is 5.19. The molecule has 13 heteroatoms. The van der Waals surface area contributed by atoms with Gasteiger partial charge < -0.3 is 5.41 Å². The number of rotatable bonds is 3. The van der Waals surface area contributed by atoms with Crippen LogP contribution in [0.25, 0.3) is 4.91 Å². The Balaban J connectivity index is 3.17. The van der Waals surface area contributed by atoms with Crippen molar-refractivity contribution in [3.05, 3.63) is 40.3 Å². The number of hydrogen-bond acceptors (Lipinski definition) is 7. The number of benzene rings is 1. The van der Waals surface area contributed by atoms with E-state index in [1.165, 1.54) is 12.1 Å². The van der Waals surface area contributed by atoms with E-state index in [0.29, 0.717) is 0 Å². The molecule has 0 heterocycles. The Morgan fingerprint density at radius 1 is 0.826 bits per heavy atom. The van der Waals surface area contributed by atoms with Crippen molar-refractivity contribution in [2.75, 3.05) is 0 Å². The van der Waals surface area contributed by atoms with Crippen molar-refractivity contribution in [2.45, 2.75) is 5.25 Å². The van der Waals surface area contributed by atoms with Crippen LogP contribution in [0.1, 0.15) is 11.1 Å². The molecular formula is C10H9NO9S3. The summed E-state index contributed by atoms with van der Waals surface area (Å²) in [5.74, 6) is 0. The van der Waals surface area contributed by atoms with E-state index in [4.69, 9.17) is 5.41 Å². The Kier molecular flexibility index (Phi) is 3.99. The van der Waals surface area contributed by atoms with E-state index in [1.54, 1.807) is 0 Å². The van der Waals surface area contributed by atoms with Crippen LogP contribution in [-0.4, -0.2) is 49.9 Å². The summed E-state index contributed by atoms with van der Waals surface area (Å²) in [7, 11) is -16.2. The molecule has 0 bridgehead atoms. The summed E-state index contributed by atoms with van der Waals surface area (Å²) in [6.45, 7) is 0. The van der Waals surface area contributed by atoms with Crippen LogP contribution in [0.4, 0.5) is 0 Å². The first-order valence-electron chi connectivity index (χ1n) is 5.60. The molecular weight excluding hydrogens is 374 g/mol. The van der Waals surface area contributed by atoms with Gasteiger partial charge in [0.15, 0.2) is 5.25 Å². The standard InChI is InChI=1S/C10H9NO9S3/c11-7-5-3-1-2-4-6(5)8(21(12,13)14)10(23(18,19)20)9(7)22(15,16)17/h1-4,9,11H,(H,12,13,14)(H,15,16,17)(H,18,19,20). The molecule has 0 aromatic heterocycles. The number of nitrogens with one attached hydrogen (secondary N) is 1. The van der Waals surface area contributed by atoms with Gasteiger partial charge in [0.05, 0.1) is 5.71 Å². The average Bonchev–Trinajstić information content (AvgIpc) is 2.34. The molecule has 1 aromatic carbocycles. The average molecular weight is 383 g/mol. The van der Waals surface area contributed by atoms with Crippen molar-refractivity contribution >= 4 is 41.0 Å². The zero-order chi connectivity index (χ0) is 17.8. The van der Waals surface area contributed by atoms with Gasteiger partial charge in [0, 0.05) is 11.1 Å². The van der Waals surface area contributed by atoms with E-state index >= 15 is 0 Å². The first-order chi connectivity index (χ1) is 10.3. The normalized spacial score (nSPS) is 19.6. The maximum absolute atomic E-state index is 11.6. The summed E-state index contributed by atoms with van der Waals surface area (Å²) in [6.07, 6.45) is 0. The Labute approximate surface area is 131 Å². The lowest BCUT2D eigenvalue weighted by Gasteiger charge is -2.26. The Bertz CT molecular complexity index is 1050. The minimum Gasteiger partial charge on any atom is -0.303 e. The van der Waals surface area contributed by atoms with Crippen LogP contribution < -0.4 is 0 Å². The van der Waals surface area contributed by atoms with Crippen molar-refractivity contribution in [3.63, 3.8) is 0 Å². The summed E-state index contributed by atoms with van der Waals surface area (Å²) >= 11 is 0. The molecule has 23 heavy (non-hydrogen) atoms. The molecule has 126 valence electrons. The number of fused-ring (bicyclic) bond motifs is 1. The van der Waals surface area contributed by atoms with Crippen LogP contribution in [0, 0.1) is 5.41 Å². The molecule has 0 radical (unpaired) electrons. The third-order valence-electron chi connectivity index (χ3n) is 3.02. The lowest BCUT2D eigenvalue weighted by molar-refractivity contribution is 0.473. The molecule has 0 aliphatic heterocycles. The Morgan fingerprint density at radius 3 is 1.70 bits per heavy atom. The van der Waals surface area contributed by atoms with Gasteiger partial charge in [0.1, 0.15) is 9.81 Å². The van der Waals surface area contributed by atoms with E-state index in [0.717, 1.165) is 12.1 Å². The molecule has 10 nitrogen and oxygen atoms in total. The fraction of sp³-hybridized carbons (Fsp3) is 0.100. The third-order valence-corrected chi connectivity index (χ3v) is 6.32. The van der Waals surface area contributed by atoms with Gasteiger partial charge in [0.2, 0.25) is 0 Å². The molecule has 0 spiro atoms. The quantitative estimate of drug-likeness (QED) is 0.511. The second-order valence-corrected chi connectivity index (χ2v) is 8.75. The lowest BCUT2D eigenvalue weighted by atomic mass is 9.95.